The summed E-state index contributed by atoms with van der Waals surface area (Å²) in [7, 11) is -3.33. The van der Waals surface area contributed by atoms with Gasteiger partial charge < -0.3 is 14.2 Å². The summed E-state index contributed by atoms with van der Waals surface area (Å²) in [6.07, 6.45) is 4.02. The van der Waals surface area contributed by atoms with E-state index in [9.17, 15) is 13.2 Å². The summed E-state index contributed by atoms with van der Waals surface area (Å²) in [5.41, 5.74) is 2.54. The highest BCUT2D eigenvalue weighted by Gasteiger charge is 2.14. The van der Waals surface area contributed by atoms with Gasteiger partial charge in [0.1, 0.15) is 23.0 Å². The van der Waals surface area contributed by atoms with E-state index in [0.717, 1.165) is 51.1 Å². The van der Waals surface area contributed by atoms with Crippen LogP contribution < -0.4 is 9.47 Å². The van der Waals surface area contributed by atoms with Gasteiger partial charge in [0, 0.05) is 50.3 Å². The van der Waals surface area contributed by atoms with E-state index in [4.69, 9.17) is 20.8 Å². The van der Waals surface area contributed by atoms with Crippen molar-refractivity contribution in [2.75, 3.05) is 45.7 Å². The molecule has 5 rings (SSSR count). The van der Waals surface area contributed by atoms with E-state index in [1.165, 1.54) is 6.07 Å². The molecule has 0 N–H and O–H groups in total. The number of hydrogen-bond donors (Lipinski definition) is 0. The molecule has 43 heavy (non-hydrogen) atoms. The van der Waals surface area contributed by atoms with Crippen LogP contribution in [0.4, 0.5) is 5.69 Å². The van der Waals surface area contributed by atoms with Crippen molar-refractivity contribution in [3.8, 4) is 17.2 Å². The molecule has 10 heteroatoms. The summed E-state index contributed by atoms with van der Waals surface area (Å²) in [4.78, 5) is 23.4. The van der Waals surface area contributed by atoms with Crippen molar-refractivity contribution in [3.63, 3.8) is 0 Å². The minimum atomic E-state index is -3.33. The minimum absolute atomic E-state index is 0.0229. The van der Waals surface area contributed by atoms with Crippen molar-refractivity contribution in [2.45, 2.75) is 24.2 Å². The molecule has 0 bridgehead atoms. The number of aromatic nitrogens is 1. The van der Waals surface area contributed by atoms with E-state index in [-0.39, 0.29) is 23.5 Å². The number of ketones is 1. The Morgan fingerprint density at radius 3 is 2.51 bits per heavy atom. The Labute approximate surface area is 251 Å². The molecule has 0 aliphatic carbocycles. The van der Waals surface area contributed by atoms with Crippen molar-refractivity contribution in [2.24, 2.45) is 0 Å². The monoisotopic (exact) mass is 599 g/mol. The summed E-state index contributed by atoms with van der Waals surface area (Å²) < 4.78 is 41.2. The molecular weight excluding hydrogens is 566 g/mol. The van der Waals surface area contributed by atoms with Gasteiger partial charge in [0.05, 0.1) is 36.8 Å². The molecule has 3 aromatic carbocycles. The molecule has 1 saturated heterocycles. The fraction of sp³-hybridized carbons (Fsp3) is 0.303. The number of fused-ring (bicyclic) bond motifs is 1. The summed E-state index contributed by atoms with van der Waals surface area (Å²) in [5.74, 6) is 1.62. The predicted molar refractivity (Wildman–Crippen MR) is 164 cm³/mol. The first-order valence-electron chi connectivity index (χ1n) is 14.1. The van der Waals surface area contributed by atoms with Crippen LogP contribution in [0.25, 0.3) is 15.7 Å². The molecule has 222 valence electrons. The first kappa shape index (κ1) is 30.2. The molecule has 0 radical (unpaired) electrons. The number of nitrogens with zero attached hydrogens (tertiary/aromatic N) is 3. The maximum Gasteiger partial charge on any atom is 0.229 e. The number of ether oxygens (including phenoxy) is 3. The number of carbonyl (C=O) groups is 1. The van der Waals surface area contributed by atoms with Crippen LogP contribution >= 0.6 is 0 Å². The molecular formula is C33H33N3O6S. The van der Waals surface area contributed by atoms with Crippen LogP contribution in [0.5, 0.6) is 17.2 Å². The Hall–Kier alpha value is -4.30. The van der Waals surface area contributed by atoms with Crippen molar-refractivity contribution in [3.05, 3.63) is 95.5 Å². The molecule has 1 aromatic heterocycles. The lowest BCUT2D eigenvalue weighted by Gasteiger charge is -2.26. The molecule has 1 fully saturated rings. The van der Waals surface area contributed by atoms with Gasteiger partial charge in [0.25, 0.3) is 0 Å². The fourth-order valence-corrected chi connectivity index (χ4v) is 5.62. The third kappa shape index (κ3) is 8.17. The summed E-state index contributed by atoms with van der Waals surface area (Å²) in [5, 5.41) is 0.699. The van der Waals surface area contributed by atoms with Gasteiger partial charge in [-0.1, -0.05) is 24.3 Å². The molecule has 0 saturated carbocycles. The van der Waals surface area contributed by atoms with Crippen LogP contribution in [0, 0.1) is 6.57 Å². The Kier molecular flexibility index (Phi) is 9.67. The van der Waals surface area contributed by atoms with Crippen molar-refractivity contribution < 1.29 is 27.4 Å². The Balaban J connectivity index is 1.21. The van der Waals surface area contributed by atoms with Crippen LogP contribution in [-0.4, -0.2) is 69.8 Å². The van der Waals surface area contributed by atoms with Crippen molar-refractivity contribution >= 4 is 32.2 Å². The summed E-state index contributed by atoms with van der Waals surface area (Å²) >= 11 is 0. The number of rotatable bonds is 12. The van der Waals surface area contributed by atoms with Gasteiger partial charge in [-0.3, -0.25) is 14.7 Å². The Morgan fingerprint density at radius 2 is 1.77 bits per heavy atom. The standard InChI is InChI=1S/C33H33N3O6S/c1-34-31-22-29-30(23-33(31)41-16-4-13-36-14-17-40-18-15-36)35-12-11-32(29)42-27-9-7-24(8-10-27)19-26(37)20-25-5-3-6-28(21-25)43(2,38)39/h3,5-12,21-23H,4,13-20H2,2H3. The number of hydrogen-bond acceptors (Lipinski definition) is 8. The number of Topliss-reactive ketones (excluding diaryl/α,β-unsaturated/α-hetero) is 1. The van der Waals surface area contributed by atoms with Crippen LogP contribution in [0.3, 0.4) is 0 Å². The highest BCUT2D eigenvalue weighted by atomic mass is 32.2. The molecule has 0 spiro atoms. The lowest BCUT2D eigenvalue weighted by molar-refractivity contribution is -0.117. The zero-order valence-corrected chi connectivity index (χ0v) is 24.8. The van der Waals surface area contributed by atoms with E-state index < -0.39 is 9.84 Å². The topological polar surface area (TPSA) is 99.4 Å². The van der Waals surface area contributed by atoms with Gasteiger partial charge in [-0.15, -0.1) is 0 Å². The number of benzene rings is 3. The van der Waals surface area contributed by atoms with E-state index in [0.29, 0.717) is 46.0 Å². The van der Waals surface area contributed by atoms with Gasteiger partial charge in [-0.05, 0) is 60.0 Å². The third-order valence-corrected chi connectivity index (χ3v) is 8.27. The summed E-state index contributed by atoms with van der Waals surface area (Å²) in [6, 6.07) is 19.0. The lowest BCUT2D eigenvalue weighted by Crippen LogP contribution is -2.37. The van der Waals surface area contributed by atoms with Gasteiger partial charge >= 0.3 is 0 Å². The van der Waals surface area contributed by atoms with Crippen molar-refractivity contribution in [1.29, 1.82) is 0 Å². The van der Waals surface area contributed by atoms with Crippen LogP contribution in [-0.2, 0) is 32.2 Å². The minimum Gasteiger partial charge on any atom is -0.504 e. The van der Waals surface area contributed by atoms with E-state index >= 15 is 0 Å². The molecule has 9 nitrogen and oxygen atoms in total. The summed E-state index contributed by atoms with van der Waals surface area (Å²) in [6.45, 7) is 12.5. The quantitative estimate of drug-likeness (QED) is 0.157. The Bertz CT molecular complexity index is 1740. The average Bonchev–Trinajstić information content (AvgIpc) is 3.00. The molecule has 1 aliphatic heterocycles. The van der Waals surface area contributed by atoms with Crippen LogP contribution in [0.15, 0.2) is 77.8 Å². The smallest absolute Gasteiger partial charge is 0.229 e. The second-order valence-electron chi connectivity index (χ2n) is 10.5. The molecule has 2 heterocycles. The first-order chi connectivity index (χ1) is 20.8. The highest BCUT2D eigenvalue weighted by Crippen LogP contribution is 2.37. The second kappa shape index (κ2) is 13.8. The number of carbonyl (C=O) groups excluding carboxylic acids is 1. The normalized spacial score (nSPS) is 13.9. The number of pyridine rings is 1. The first-order valence-corrected chi connectivity index (χ1v) is 16.0. The van der Waals surface area contributed by atoms with Gasteiger partial charge in [0.15, 0.2) is 9.84 Å². The van der Waals surface area contributed by atoms with E-state index in [1.54, 1.807) is 54.7 Å². The number of sulfone groups is 1. The molecule has 1 aliphatic rings. The van der Waals surface area contributed by atoms with E-state index in [2.05, 4.69) is 14.7 Å². The number of morpholine rings is 1. The largest absolute Gasteiger partial charge is 0.504 e. The highest BCUT2D eigenvalue weighted by molar-refractivity contribution is 7.90. The zero-order valence-electron chi connectivity index (χ0n) is 24.0. The fourth-order valence-electron chi connectivity index (χ4n) is 4.93. The molecule has 4 aromatic rings. The average molecular weight is 600 g/mol. The Morgan fingerprint density at radius 1 is 1.00 bits per heavy atom. The van der Waals surface area contributed by atoms with Crippen LogP contribution in [0.2, 0.25) is 0 Å². The zero-order chi connectivity index (χ0) is 30.2. The molecule has 0 unspecified atom stereocenters. The molecule has 0 atom stereocenters. The maximum atomic E-state index is 12.7. The SMILES string of the molecule is [C-]#[N+]c1cc2c(Oc3ccc(CC(=O)Cc4cccc(S(C)(=O)=O)c4)cc3)ccnc2cc1OCCCN1CCOCC1. The third-order valence-electron chi connectivity index (χ3n) is 7.16. The van der Waals surface area contributed by atoms with Crippen molar-refractivity contribution in [1.82, 2.24) is 9.88 Å². The maximum absolute atomic E-state index is 12.7. The second-order valence-corrected chi connectivity index (χ2v) is 12.5. The molecule has 0 amide bonds. The van der Waals surface area contributed by atoms with Gasteiger partial charge in [-0.25, -0.2) is 13.3 Å². The van der Waals surface area contributed by atoms with E-state index in [1.807, 2.05) is 12.1 Å². The lowest BCUT2D eigenvalue weighted by atomic mass is 10.0. The van der Waals surface area contributed by atoms with Crippen LogP contribution in [0.1, 0.15) is 17.5 Å². The van der Waals surface area contributed by atoms with Gasteiger partial charge in [0.2, 0.25) is 5.69 Å². The van der Waals surface area contributed by atoms with Gasteiger partial charge in [-0.2, -0.15) is 0 Å². The predicted octanol–water partition coefficient (Wildman–Crippen LogP) is 5.44.